The van der Waals surface area contributed by atoms with Gasteiger partial charge < -0.3 is 19.4 Å². The number of alkyl halides is 3. The standard InChI is InChI=1S/C23H24BClF3NO5/c1-13(30)32-19(14-7-6-8-15(11-14)23(26,27)28)20(31)29-16-9-10-17(18(25)12-16)24-33-21(2,3)22(4,5)34-24/h6-12,19H,1-5H3,(H,29,31). The quantitative estimate of drug-likeness (QED) is 0.470. The van der Waals surface area contributed by atoms with Crippen LogP contribution in [-0.2, 0) is 29.8 Å². The van der Waals surface area contributed by atoms with Crippen LogP contribution in [0.3, 0.4) is 0 Å². The molecular weight excluding hydrogens is 474 g/mol. The number of hydrogen-bond donors (Lipinski definition) is 1. The molecule has 1 saturated heterocycles. The Kier molecular flexibility index (Phi) is 7.08. The maximum Gasteiger partial charge on any atom is 0.496 e. The number of nitrogens with one attached hydrogen (secondary N) is 1. The van der Waals surface area contributed by atoms with Gasteiger partial charge >= 0.3 is 19.3 Å². The van der Waals surface area contributed by atoms with Crippen molar-refractivity contribution in [3.05, 3.63) is 58.6 Å². The van der Waals surface area contributed by atoms with E-state index in [0.717, 1.165) is 25.1 Å². The molecule has 0 saturated carbocycles. The lowest BCUT2D eigenvalue weighted by Crippen LogP contribution is -2.41. The van der Waals surface area contributed by atoms with Crippen molar-refractivity contribution in [1.29, 1.82) is 0 Å². The fourth-order valence-corrected chi connectivity index (χ4v) is 3.56. The van der Waals surface area contributed by atoms with Crippen molar-refractivity contribution in [3.63, 3.8) is 0 Å². The molecule has 3 rings (SSSR count). The molecular formula is C23H24BClF3NO5. The lowest BCUT2D eigenvalue weighted by atomic mass is 9.79. The summed E-state index contributed by atoms with van der Waals surface area (Å²) in [6.45, 7) is 8.66. The van der Waals surface area contributed by atoms with Gasteiger partial charge in [0.25, 0.3) is 5.91 Å². The minimum Gasteiger partial charge on any atom is -0.447 e. The maximum atomic E-state index is 13.1. The molecule has 1 fully saturated rings. The van der Waals surface area contributed by atoms with E-state index in [9.17, 15) is 22.8 Å². The first-order valence-corrected chi connectivity index (χ1v) is 10.8. The number of anilines is 1. The fraction of sp³-hybridized carbons (Fsp3) is 0.391. The van der Waals surface area contributed by atoms with Gasteiger partial charge in [-0.25, -0.2) is 0 Å². The Bertz CT molecular complexity index is 1090. The summed E-state index contributed by atoms with van der Waals surface area (Å²) in [6.07, 6.45) is -6.22. The van der Waals surface area contributed by atoms with E-state index in [4.69, 9.17) is 25.6 Å². The molecule has 1 aliphatic rings. The molecule has 6 nitrogen and oxygen atoms in total. The van der Waals surface area contributed by atoms with Gasteiger partial charge in [0.15, 0.2) is 0 Å². The Morgan fingerprint density at radius 2 is 1.68 bits per heavy atom. The zero-order chi connectivity index (χ0) is 25.5. The van der Waals surface area contributed by atoms with Crippen molar-refractivity contribution >= 4 is 41.7 Å². The molecule has 0 aromatic heterocycles. The lowest BCUT2D eigenvalue weighted by Gasteiger charge is -2.32. The minimum atomic E-state index is -4.62. The molecule has 1 amide bonds. The highest BCUT2D eigenvalue weighted by atomic mass is 35.5. The topological polar surface area (TPSA) is 73.9 Å². The van der Waals surface area contributed by atoms with E-state index >= 15 is 0 Å². The molecule has 2 aromatic rings. The number of halogens is 4. The summed E-state index contributed by atoms with van der Waals surface area (Å²) in [6, 6.07) is 8.65. The van der Waals surface area contributed by atoms with Crippen molar-refractivity contribution in [1.82, 2.24) is 0 Å². The Morgan fingerprint density at radius 1 is 1.06 bits per heavy atom. The number of carbonyl (C=O) groups is 2. The van der Waals surface area contributed by atoms with E-state index in [2.05, 4.69) is 5.32 Å². The van der Waals surface area contributed by atoms with Crippen LogP contribution in [0, 0.1) is 0 Å². The van der Waals surface area contributed by atoms with Gasteiger partial charge in [-0.1, -0.05) is 29.8 Å². The predicted octanol–water partition coefficient (Wildman–Crippen LogP) is 4.90. The molecule has 2 aromatic carbocycles. The average Bonchev–Trinajstić information content (AvgIpc) is 2.92. The SMILES string of the molecule is CC(=O)OC(C(=O)Nc1ccc(B2OC(C)(C)C(C)(C)O2)c(Cl)c1)c1cccc(C(F)(F)F)c1. The van der Waals surface area contributed by atoms with Gasteiger partial charge in [-0.05, 0) is 52.0 Å². The molecule has 1 aliphatic heterocycles. The normalized spacial score (nSPS) is 17.9. The van der Waals surface area contributed by atoms with E-state index in [1.165, 1.54) is 12.1 Å². The van der Waals surface area contributed by atoms with Crippen molar-refractivity contribution < 1.29 is 36.8 Å². The molecule has 34 heavy (non-hydrogen) atoms. The van der Waals surface area contributed by atoms with Gasteiger partial charge in [0.05, 0.1) is 16.8 Å². The molecule has 0 bridgehead atoms. The summed E-state index contributed by atoms with van der Waals surface area (Å²) in [5.41, 5.74) is -1.44. The molecule has 11 heteroatoms. The highest BCUT2D eigenvalue weighted by Crippen LogP contribution is 2.37. The largest absolute Gasteiger partial charge is 0.496 e. The molecule has 0 spiro atoms. The highest BCUT2D eigenvalue weighted by molar-refractivity contribution is 6.65. The van der Waals surface area contributed by atoms with Crippen molar-refractivity contribution in [3.8, 4) is 0 Å². The lowest BCUT2D eigenvalue weighted by molar-refractivity contribution is -0.152. The molecule has 0 aliphatic carbocycles. The van der Waals surface area contributed by atoms with Crippen molar-refractivity contribution in [2.75, 3.05) is 5.32 Å². The molecule has 1 atom stereocenters. The molecule has 1 N–H and O–H groups in total. The van der Waals surface area contributed by atoms with Crippen LogP contribution in [0.1, 0.15) is 51.8 Å². The smallest absolute Gasteiger partial charge is 0.447 e. The van der Waals surface area contributed by atoms with E-state index in [-0.39, 0.29) is 16.3 Å². The Balaban J connectivity index is 1.83. The second kappa shape index (κ2) is 9.24. The third kappa shape index (κ3) is 5.56. The number of esters is 1. The second-order valence-electron chi connectivity index (χ2n) is 8.93. The third-order valence-electron chi connectivity index (χ3n) is 5.81. The summed E-state index contributed by atoms with van der Waals surface area (Å²) in [4.78, 5) is 24.4. The first kappa shape index (κ1) is 26.1. The fourth-order valence-electron chi connectivity index (χ4n) is 3.29. The first-order valence-electron chi connectivity index (χ1n) is 10.4. The van der Waals surface area contributed by atoms with Crippen LogP contribution in [0.25, 0.3) is 0 Å². The summed E-state index contributed by atoms with van der Waals surface area (Å²) < 4.78 is 56.3. The molecule has 0 radical (unpaired) electrons. The van der Waals surface area contributed by atoms with E-state index in [0.29, 0.717) is 5.46 Å². The Morgan fingerprint density at radius 3 is 2.21 bits per heavy atom. The summed E-state index contributed by atoms with van der Waals surface area (Å²) in [5, 5.41) is 2.78. The monoisotopic (exact) mass is 497 g/mol. The van der Waals surface area contributed by atoms with Crippen LogP contribution < -0.4 is 10.8 Å². The average molecular weight is 498 g/mol. The summed E-state index contributed by atoms with van der Waals surface area (Å²) in [5.74, 6) is -1.67. The van der Waals surface area contributed by atoms with Crippen LogP contribution >= 0.6 is 11.6 Å². The van der Waals surface area contributed by atoms with Crippen LogP contribution in [0.15, 0.2) is 42.5 Å². The van der Waals surface area contributed by atoms with E-state index in [1.54, 1.807) is 12.1 Å². The number of hydrogen-bond acceptors (Lipinski definition) is 5. The van der Waals surface area contributed by atoms with E-state index in [1.807, 2.05) is 27.7 Å². The maximum absolute atomic E-state index is 13.1. The molecule has 1 heterocycles. The Labute approximate surface area is 200 Å². The van der Waals surface area contributed by atoms with Gasteiger partial charge in [0, 0.05) is 28.7 Å². The molecule has 182 valence electrons. The van der Waals surface area contributed by atoms with Gasteiger partial charge in [-0.2, -0.15) is 13.2 Å². The second-order valence-corrected chi connectivity index (χ2v) is 9.33. The summed E-state index contributed by atoms with van der Waals surface area (Å²) >= 11 is 6.41. The molecule has 1 unspecified atom stereocenters. The van der Waals surface area contributed by atoms with Crippen LogP contribution in [0.2, 0.25) is 5.02 Å². The van der Waals surface area contributed by atoms with Gasteiger partial charge in [0.2, 0.25) is 6.10 Å². The van der Waals surface area contributed by atoms with Gasteiger partial charge in [-0.3, -0.25) is 9.59 Å². The number of carbonyl (C=O) groups excluding carboxylic acids is 2. The highest BCUT2D eigenvalue weighted by Gasteiger charge is 2.52. The zero-order valence-corrected chi connectivity index (χ0v) is 20.0. The van der Waals surface area contributed by atoms with Crippen molar-refractivity contribution in [2.24, 2.45) is 0 Å². The number of amides is 1. The number of benzene rings is 2. The van der Waals surface area contributed by atoms with Gasteiger partial charge in [-0.15, -0.1) is 0 Å². The first-order chi connectivity index (χ1) is 15.6. The zero-order valence-electron chi connectivity index (χ0n) is 19.2. The summed E-state index contributed by atoms with van der Waals surface area (Å²) in [7, 11) is -0.721. The van der Waals surface area contributed by atoms with Crippen molar-refractivity contribution in [2.45, 2.75) is 58.1 Å². The van der Waals surface area contributed by atoms with E-state index < -0.39 is 48.0 Å². The predicted molar refractivity (Wildman–Crippen MR) is 122 cm³/mol. The van der Waals surface area contributed by atoms with Crippen LogP contribution in [0.4, 0.5) is 18.9 Å². The minimum absolute atomic E-state index is 0.123. The Hall–Kier alpha value is -2.56. The van der Waals surface area contributed by atoms with Crippen LogP contribution in [-0.4, -0.2) is 30.2 Å². The van der Waals surface area contributed by atoms with Gasteiger partial charge in [0.1, 0.15) is 0 Å². The number of rotatable bonds is 5. The number of ether oxygens (including phenoxy) is 1. The third-order valence-corrected chi connectivity index (χ3v) is 6.14. The van der Waals surface area contributed by atoms with Crippen LogP contribution in [0.5, 0.6) is 0 Å².